The number of hydrogen-bond acceptors (Lipinski definition) is 4. The third kappa shape index (κ3) is 4.79. The summed E-state index contributed by atoms with van der Waals surface area (Å²) in [5.74, 6) is 3.82. The van der Waals surface area contributed by atoms with Crippen LogP contribution in [0.25, 0.3) is 0 Å². The Bertz CT molecular complexity index is 517. The van der Waals surface area contributed by atoms with Gasteiger partial charge in [-0.3, -0.25) is 4.79 Å². The molecule has 0 radical (unpaired) electrons. The Morgan fingerprint density at radius 1 is 1.47 bits per heavy atom. The van der Waals surface area contributed by atoms with Gasteiger partial charge >= 0.3 is 12.0 Å². The predicted molar refractivity (Wildman–Crippen MR) is 68.2 cm³/mol. The molecule has 0 aromatic heterocycles. The number of aliphatic carboxylic acids is 1. The smallest absolute Gasteiger partial charge is 0.323 e. The molecule has 0 aliphatic carbocycles. The molecule has 1 fully saturated rings. The van der Waals surface area contributed by atoms with Gasteiger partial charge in [0, 0.05) is 6.04 Å². The van der Waals surface area contributed by atoms with Crippen LogP contribution in [0.1, 0.15) is 13.3 Å². The minimum Gasteiger partial charge on any atom is -0.480 e. The van der Waals surface area contributed by atoms with Crippen molar-refractivity contribution in [3.8, 4) is 11.8 Å². The summed E-state index contributed by atoms with van der Waals surface area (Å²) < 4.78 is 22.8. The molecule has 2 amide bonds. The molecular weight excluding hydrogens is 272 g/mol. The van der Waals surface area contributed by atoms with E-state index in [1.807, 2.05) is 0 Å². The van der Waals surface area contributed by atoms with Crippen LogP contribution in [0.3, 0.4) is 0 Å². The first-order chi connectivity index (χ1) is 8.85. The van der Waals surface area contributed by atoms with E-state index in [0.29, 0.717) is 0 Å². The monoisotopic (exact) mass is 288 g/mol. The van der Waals surface area contributed by atoms with Crippen LogP contribution in [0.5, 0.6) is 0 Å². The first kappa shape index (κ1) is 15.3. The molecule has 7 nitrogen and oxygen atoms in total. The van der Waals surface area contributed by atoms with Crippen LogP contribution in [0.2, 0.25) is 0 Å². The van der Waals surface area contributed by atoms with Crippen molar-refractivity contribution in [3.63, 3.8) is 0 Å². The fourth-order valence-electron chi connectivity index (χ4n) is 1.84. The van der Waals surface area contributed by atoms with E-state index < -0.39 is 34.4 Å². The molecule has 0 aromatic carbocycles. The molecule has 1 aliphatic rings. The van der Waals surface area contributed by atoms with Crippen LogP contribution in [-0.4, -0.2) is 61.1 Å². The predicted octanol–water partition coefficient (Wildman–Crippen LogP) is -0.707. The molecule has 1 saturated heterocycles. The number of rotatable bonds is 4. The second kappa shape index (κ2) is 6.43. The molecule has 1 heterocycles. The highest BCUT2D eigenvalue weighted by Gasteiger charge is 2.35. The lowest BCUT2D eigenvalue weighted by atomic mass is 10.2. The summed E-state index contributed by atoms with van der Waals surface area (Å²) in [5.41, 5.74) is 0. The Balaban J connectivity index is 2.73. The van der Waals surface area contributed by atoms with Gasteiger partial charge in [0.25, 0.3) is 0 Å². The summed E-state index contributed by atoms with van der Waals surface area (Å²) in [6, 6.07) is -1.19. The van der Waals surface area contributed by atoms with E-state index in [0.717, 1.165) is 4.90 Å². The molecule has 1 rings (SSSR count). The van der Waals surface area contributed by atoms with Crippen LogP contribution in [0.4, 0.5) is 4.79 Å². The van der Waals surface area contributed by atoms with Gasteiger partial charge in [-0.05, 0) is 13.3 Å². The van der Waals surface area contributed by atoms with Gasteiger partial charge in [-0.25, -0.2) is 13.2 Å². The first-order valence-corrected chi connectivity index (χ1v) is 7.54. The first-order valence-electron chi connectivity index (χ1n) is 5.72. The van der Waals surface area contributed by atoms with Crippen molar-refractivity contribution in [2.24, 2.45) is 0 Å². The van der Waals surface area contributed by atoms with Gasteiger partial charge in [-0.1, -0.05) is 5.92 Å². The Hall–Kier alpha value is -1.75. The molecule has 0 spiro atoms. The molecule has 8 heteroatoms. The number of nitrogens with one attached hydrogen (secondary N) is 1. The normalized spacial score (nSPS) is 20.2. The second-order valence-corrected chi connectivity index (χ2v) is 6.39. The summed E-state index contributed by atoms with van der Waals surface area (Å²) in [5, 5.41) is 11.2. The maximum absolute atomic E-state index is 11.8. The van der Waals surface area contributed by atoms with E-state index in [-0.39, 0.29) is 24.5 Å². The number of carboxylic acid groups (broad SMARTS) is 1. The highest BCUT2D eigenvalue weighted by Crippen LogP contribution is 2.17. The van der Waals surface area contributed by atoms with Crippen LogP contribution in [0, 0.1) is 11.8 Å². The molecule has 1 unspecified atom stereocenters. The minimum absolute atomic E-state index is 0.0180. The largest absolute Gasteiger partial charge is 0.480 e. The van der Waals surface area contributed by atoms with Crippen molar-refractivity contribution in [1.82, 2.24) is 10.2 Å². The highest BCUT2D eigenvalue weighted by atomic mass is 32.2. The summed E-state index contributed by atoms with van der Waals surface area (Å²) in [6.45, 7) is 1.20. The maximum Gasteiger partial charge on any atom is 0.323 e. The number of carbonyl (C=O) groups excluding carboxylic acids is 1. The van der Waals surface area contributed by atoms with Crippen molar-refractivity contribution < 1.29 is 23.1 Å². The van der Waals surface area contributed by atoms with Gasteiger partial charge in [0.15, 0.2) is 9.84 Å². The molecule has 0 aromatic rings. The Morgan fingerprint density at radius 3 is 2.63 bits per heavy atom. The van der Waals surface area contributed by atoms with Gasteiger partial charge in [-0.15, -0.1) is 5.92 Å². The third-order valence-electron chi connectivity index (χ3n) is 2.72. The van der Waals surface area contributed by atoms with Crippen LogP contribution >= 0.6 is 0 Å². The van der Waals surface area contributed by atoms with Crippen LogP contribution in [-0.2, 0) is 14.6 Å². The highest BCUT2D eigenvalue weighted by molar-refractivity contribution is 7.91. The number of carbonyl (C=O) groups is 2. The number of hydrogen-bond donors (Lipinski definition) is 2. The minimum atomic E-state index is -3.18. The lowest BCUT2D eigenvalue weighted by molar-refractivity contribution is -0.138. The van der Waals surface area contributed by atoms with E-state index in [1.54, 1.807) is 6.92 Å². The topological polar surface area (TPSA) is 104 Å². The standard InChI is InChI=1S/C11H16N2O5S/c1-2-3-5-12-11(16)13(7-10(14)15)9-4-6-19(17,18)8-9/h9H,4-8H2,1H3,(H,12,16)(H,14,15). The van der Waals surface area contributed by atoms with Gasteiger partial charge in [0.2, 0.25) is 0 Å². The van der Waals surface area contributed by atoms with E-state index >= 15 is 0 Å². The molecule has 19 heavy (non-hydrogen) atoms. The van der Waals surface area contributed by atoms with Gasteiger partial charge in [0.1, 0.15) is 6.54 Å². The number of urea groups is 1. The summed E-state index contributed by atoms with van der Waals surface area (Å²) in [4.78, 5) is 23.6. The number of amides is 2. The van der Waals surface area contributed by atoms with Crippen LogP contribution < -0.4 is 5.32 Å². The van der Waals surface area contributed by atoms with Gasteiger partial charge < -0.3 is 15.3 Å². The van der Waals surface area contributed by atoms with Crippen molar-refractivity contribution in [3.05, 3.63) is 0 Å². The van der Waals surface area contributed by atoms with E-state index in [2.05, 4.69) is 17.2 Å². The van der Waals surface area contributed by atoms with Crippen molar-refractivity contribution in [2.45, 2.75) is 19.4 Å². The zero-order valence-corrected chi connectivity index (χ0v) is 11.4. The lowest BCUT2D eigenvalue weighted by Crippen LogP contribution is -2.49. The zero-order chi connectivity index (χ0) is 14.5. The quantitative estimate of drug-likeness (QED) is 0.665. The summed E-state index contributed by atoms with van der Waals surface area (Å²) in [7, 11) is -3.18. The number of sulfone groups is 1. The van der Waals surface area contributed by atoms with Crippen molar-refractivity contribution in [1.29, 1.82) is 0 Å². The molecular formula is C11H16N2O5S. The SMILES string of the molecule is CC#CCNC(=O)N(CC(=O)O)C1CCS(=O)(=O)C1. The van der Waals surface area contributed by atoms with E-state index in [1.165, 1.54) is 0 Å². The Labute approximate surface area is 111 Å². The second-order valence-electron chi connectivity index (χ2n) is 4.16. The summed E-state index contributed by atoms with van der Waals surface area (Å²) >= 11 is 0. The molecule has 2 N–H and O–H groups in total. The number of nitrogens with zero attached hydrogens (tertiary/aromatic N) is 1. The van der Waals surface area contributed by atoms with Crippen molar-refractivity contribution >= 4 is 21.8 Å². The van der Waals surface area contributed by atoms with Crippen molar-refractivity contribution in [2.75, 3.05) is 24.6 Å². The molecule has 1 aliphatic heterocycles. The molecule has 106 valence electrons. The lowest BCUT2D eigenvalue weighted by Gasteiger charge is -2.26. The Kier molecular flexibility index (Phi) is 5.18. The van der Waals surface area contributed by atoms with Crippen LogP contribution in [0.15, 0.2) is 0 Å². The average Bonchev–Trinajstić information content (AvgIpc) is 2.66. The van der Waals surface area contributed by atoms with E-state index in [9.17, 15) is 18.0 Å². The van der Waals surface area contributed by atoms with E-state index in [4.69, 9.17) is 5.11 Å². The maximum atomic E-state index is 11.8. The molecule has 1 atom stereocenters. The zero-order valence-electron chi connectivity index (χ0n) is 10.5. The number of carboxylic acids is 1. The Morgan fingerprint density at radius 2 is 2.16 bits per heavy atom. The molecule has 0 saturated carbocycles. The van der Waals surface area contributed by atoms with Gasteiger partial charge in [0.05, 0.1) is 18.1 Å². The third-order valence-corrected chi connectivity index (χ3v) is 4.47. The van der Waals surface area contributed by atoms with Gasteiger partial charge in [-0.2, -0.15) is 0 Å². The summed E-state index contributed by atoms with van der Waals surface area (Å²) in [6.07, 6.45) is 0.266. The fraction of sp³-hybridized carbons (Fsp3) is 0.636. The fourth-order valence-corrected chi connectivity index (χ4v) is 3.57. The molecule has 0 bridgehead atoms. The average molecular weight is 288 g/mol.